The molecule has 34 heavy (non-hydrogen) atoms. The van der Waals surface area contributed by atoms with Crippen LogP contribution in [0.25, 0.3) is 10.9 Å². The predicted molar refractivity (Wildman–Crippen MR) is 125 cm³/mol. The van der Waals surface area contributed by atoms with Crippen LogP contribution in [0.5, 0.6) is 11.5 Å². The molecule has 0 saturated heterocycles. The van der Waals surface area contributed by atoms with Crippen LogP contribution < -0.4 is 20.3 Å². The average molecular weight is 470 g/mol. The molecule has 1 aromatic heterocycles. The Hall–Kier alpha value is -3.46. The number of amides is 1. The Balaban J connectivity index is 1.49. The molecule has 1 fully saturated rings. The number of benzene rings is 2. The van der Waals surface area contributed by atoms with E-state index in [1.807, 2.05) is 12.1 Å². The molecular weight excluding hydrogens is 441 g/mol. The first-order chi connectivity index (χ1) is 16.5. The third-order valence-electron chi connectivity index (χ3n) is 6.27. The minimum Gasteiger partial charge on any atom is -0.497 e. The number of rotatable bonds is 8. The lowest BCUT2D eigenvalue weighted by Gasteiger charge is -2.27. The van der Waals surface area contributed by atoms with Gasteiger partial charge < -0.3 is 24.9 Å². The zero-order valence-electron chi connectivity index (χ0n) is 19.0. The highest BCUT2D eigenvalue weighted by Gasteiger charge is 2.23. The van der Waals surface area contributed by atoms with Crippen LogP contribution in [0.2, 0.25) is 0 Å². The Bertz CT molecular complexity index is 1220. The highest BCUT2D eigenvalue weighted by atomic mass is 19.1. The molecule has 180 valence electrons. The minimum atomic E-state index is -0.654. The van der Waals surface area contributed by atoms with Crippen LogP contribution >= 0.6 is 0 Å². The number of methoxy groups -OCH3 is 1. The van der Waals surface area contributed by atoms with Crippen LogP contribution in [-0.2, 0) is 6.54 Å². The van der Waals surface area contributed by atoms with E-state index in [1.165, 1.54) is 12.1 Å². The number of nitrogens with one attached hydrogen (secondary N) is 2. The SMILES string of the molecule is COc1cccc(CNC(=O)c2nc3ccc(F)c(OCC4CCC(CO)CC4)c3c(=O)[nH]2)c1. The average Bonchev–Trinajstić information content (AvgIpc) is 2.87. The Morgan fingerprint density at radius 3 is 2.71 bits per heavy atom. The molecule has 0 radical (unpaired) electrons. The maximum absolute atomic E-state index is 14.6. The molecule has 1 amide bonds. The summed E-state index contributed by atoms with van der Waals surface area (Å²) < 4.78 is 25.5. The summed E-state index contributed by atoms with van der Waals surface area (Å²) in [6.45, 7) is 0.673. The van der Waals surface area contributed by atoms with Gasteiger partial charge in [-0.25, -0.2) is 9.37 Å². The first kappa shape index (κ1) is 23.7. The molecule has 9 heteroatoms. The molecule has 1 aliphatic carbocycles. The topological polar surface area (TPSA) is 114 Å². The molecule has 3 N–H and O–H groups in total. The van der Waals surface area contributed by atoms with Crippen molar-refractivity contribution in [3.63, 3.8) is 0 Å². The normalized spacial score (nSPS) is 18.0. The van der Waals surface area contributed by atoms with Gasteiger partial charge in [-0.15, -0.1) is 0 Å². The Labute approximate surface area is 196 Å². The van der Waals surface area contributed by atoms with E-state index in [4.69, 9.17) is 9.47 Å². The van der Waals surface area contributed by atoms with Crippen molar-refractivity contribution in [1.82, 2.24) is 15.3 Å². The van der Waals surface area contributed by atoms with Crippen LogP contribution in [0, 0.1) is 17.7 Å². The molecule has 0 bridgehead atoms. The Morgan fingerprint density at radius 2 is 1.97 bits per heavy atom. The van der Waals surface area contributed by atoms with Gasteiger partial charge in [-0.1, -0.05) is 12.1 Å². The largest absolute Gasteiger partial charge is 0.497 e. The molecule has 0 aliphatic heterocycles. The summed E-state index contributed by atoms with van der Waals surface area (Å²) in [5.74, 6) is -0.329. The molecule has 0 unspecified atom stereocenters. The quantitative estimate of drug-likeness (QED) is 0.467. The van der Waals surface area contributed by atoms with E-state index >= 15 is 0 Å². The third kappa shape index (κ3) is 5.36. The summed E-state index contributed by atoms with van der Waals surface area (Å²) in [5.41, 5.74) is 0.354. The van der Waals surface area contributed by atoms with Crippen molar-refractivity contribution in [3.8, 4) is 11.5 Å². The highest BCUT2D eigenvalue weighted by molar-refractivity contribution is 5.93. The van der Waals surface area contributed by atoms with Crippen molar-refractivity contribution in [2.24, 2.45) is 11.8 Å². The van der Waals surface area contributed by atoms with E-state index in [9.17, 15) is 19.1 Å². The predicted octanol–water partition coefficient (Wildman–Crippen LogP) is 3.18. The van der Waals surface area contributed by atoms with Crippen molar-refractivity contribution in [2.75, 3.05) is 20.3 Å². The molecule has 1 aliphatic rings. The van der Waals surface area contributed by atoms with Gasteiger partial charge in [0.1, 0.15) is 11.1 Å². The zero-order chi connectivity index (χ0) is 24.1. The minimum absolute atomic E-state index is 0.0200. The van der Waals surface area contributed by atoms with Gasteiger partial charge in [0.05, 0.1) is 19.2 Å². The molecule has 3 aromatic rings. The molecule has 8 nitrogen and oxygen atoms in total. The second-order valence-corrected chi connectivity index (χ2v) is 8.60. The Kier molecular flexibility index (Phi) is 7.42. The number of fused-ring (bicyclic) bond motifs is 1. The molecule has 1 saturated carbocycles. The van der Waals surface area contributed by atoms with Crippen molar-refractivity contribution in [3.05, 3.63) is 64.0 Å². The van der Waals surface area contributed by atoms with E-state index < -0.39 is 17.3 Å². The molecule has 1 heterocycles. The van der Waals surface area contributed by atoms with Gasteiger partial charge in [-0.3, -0.25) is 9.59 Å². The number of nitrogens with zero attached hydrogens (tertiary/aromatic N) is 1. The van der Waals surface area contributed by atoms with E-state index in [1.54, 1.807) is 19.2 Å². The van der Waals surface area contributed by atoms with Crippen LogP contribution in [-0.4, -0.2) is 41.3 Å². The molecule has 2 aromatic carbocycles. The number of carbonyl (C=O) groups is 1. The Morgan fingerprint density at radius 1 is 1.21 bits per heavy atom. The third-order valence-corrected chi connectivity index (χ3v) is 6.27. The van der Waals surface area contributed by atoms with Gasteiger partial charge in [0.15, 0.2) is 17.4 Å². The standard InChI is InChI=1S/C25H28FN3O5/c1-33-18-4-2-3-17(11-18)12-27-25(32)23-28-20-10-9-19(26)22(21(20)24(31)29-23)34-14-16-7-5-15(13-30)6-8-16/h2-4,9-11,15-16,30H,5-8,12-14H2,1H3,(H,27,32)(H,28,29,31). The van der Waals surface area contributed by atoms with Crippen molar-refractivity contribution in [2.45, 2.75) is 32.2 Å². The number of carbonyl (C=O) groups excluding carboxylic acids is 1. The van der Waals surface area contributed by atoms with Gasteiger partial charge in [0.25, 0.3) is 11.5 Å². The molecule has 0 atom stereocenters. The second-order valence-electron chi connectivity index (χ2n) is 8.60. The summed E-state index contributed by atoms with van der Waals surface area (Å²) in [6.07, 6.45) is 3.56. The molecule has 4 rings (SSSR count). The number of aliphatic hydroxyl groups excluding tert-OH is 1. The first-order valence-corrected chi connectivity index (χ1v) is 11.4. The number of hydrogen-bond donors (Lipinski definition) is 3. The first-order valence-electron chi connectivity index (χ1n) is 11.4. The number of halogens is 1. The van der Waals surface area contributed by atoms with Crippen molar-refractivity contribution < 1.29 is 23.8 Å². The number of aliphatic hydroxyl groups is 1. The lowest BCUT2D eigenvalue weighted by Crippen LogP contribution is -2.28. The van der Waals surface area contributed by atoms with E-state index in [0.717, 1.165) is 31.2 Å². The monoisotopic (exact) mass is 469 g/mol. The zero-order valence-corrected chi connectivity index (χ0v) is 19.0. The number of ether oxygens (including phenoxy) is 2. The molecular formula is C25H28FN3O5. The highest BCUT2D eigenvalue weighted by Crippen LogP contribution is 2.31. The second kappa shape index (κ2) is 10.6. The lowest BCUT2D eigenvalue weighted by molar-refractivity contribution is 0.0940. The van der Waals surface area contributed by atoms with Crippen LogP contribution in [0.4, 0.5) is 4.39 Å². The van der Waals surface area contributed by atoms with Gasteiger partial charge in [0, 0.05) is 13.2 Å². The van der Waals surface area contributed by atoms with E-state index in [2.05, 4.69) is 15.3 Å². The van der Waals surface area contributed by atoms with Gasteiger partial charge in [-0.2, -0.15) is 0 Å². The maximum Gasteiger partial charge on any atom is 0.287 e. The fourth-order valence-electron chi connectivity index (χ4n) is 4.26. The smallest absolute Gasteiger partial charge is 0.287 e. The van der Waals surface area contributed by atoms with Gasteiger partial charge >= 0.3 is 0 Å². The molecule has 0 spiro atoms. The van der Waals surface area contributed by atoms with E-state index in [0.29, 0.717) is 11.7 Å². The number of aromatic nitrogens is 2. The van der Waals surface area contributed by atoms with Crippen LogP contribution in [0.15, 0.2) is 41.2 Å². The van der Waals surface area contributed by atoms with Gasteiger partial charge in [0.2, 0.25) is 0 Å². The summed E-state index contributed by atoms with van der Waals surface area (Å²) in [7, 11) is 1.56. The van der Waals surface area contributed by atoms with Crippen LogP contribution in [0.3, 0.4) is 0 Å². The fourth-order valence-corrected chi connectivity index (χ4v) is 4.26. The maximum atomic E-state index is 14.6. The summed E-state index contributed by atoms with van der Waals surface area (Å²) in [5, 5.41) is 12.0. The number of aromatic amines is 1. The number of H-pyrrole nitrogens is 1. The fraction of sp³-hybridized carbons (Fsp3) is 0.400. The number of hydrogen-bond acceptors (Lipinski definition) is 6. The lowest BCUT2D eigenvalue weighted by atomic mass is 9.83. The van der Waals surface area contributed by atoms with Gasteiger partial charge in [-0.05, 0) is 67.3 Å². The van der Waals surface area contributed by atoms with Crippen molar-refractivity contribution in [1.29, 1.82) is 0 Å². The summed E-state index contributed by atoms with van der Waals surface area (Å²) >= 11 is 0. The van der Waals surface area contributed by atoms with Crippen LogP contribution in [0.1, 0.15) is 41.9 Å². The van der Waals surface area contributed by atoms with Crippen molar-refractivity contribution >= 4 is 16.8 Å². The summed E-state index contributed by atoms with van der Waals surface area (Å²) in [4.78, 5) is 32.1. The summed E-state index contributed by atoms with van der Waals surface area (Å²) in [6, 6.07) is 9.78. The van der Waals surface area contributed by atoms with E-state index in [-0.39, 0.29) is 48.2 Å².